The summed E-state index contributed by atoms with van der Waals surface area (Å²) in [6.07, 6.45) is 9.15. The van der Waals surface area contributed by atoms with E-state index in [1.54, 1.807) is 6.08 Å². The minimum Gasteiger partial charge on any atom is -0.386 e. The molecule has 0 aliphatic rings. The summed E-state index contributed by atoms with van der Waals surface area (Å²) >= 11 is 0. The van der Waals surface area contributed by atoms with Gasteiger partial charge in [-0.2, -0.15) is 0 Å². The Morgan fingerprint density at radius 3 is 2.00 bits per heavy atom. The van der Waals surface area contributed by atoms with Gasteiger partial charge < -0.3 is 15.0 Å². The maximum Gasteiger partial charge on any atom is 0.245 e. The first-order chi connectivity index (χ1) is 13.8. The third-order valence-electron chi connectivity index (χ3n) is 5.00. The molecule has 9 heteroatoms. The van der Waals surface area contributed by atoms with E-state index in [1.807, 2.05) is 6.08 Å². The van der Waals surface area contributed by atoms with Gasteiger partial charge in [0, 0.05) is 16.3 Å². The highest BCUT2D eigenvalue weighted by Gasteiger charge is 2.40. The van der Waals surface area contributed by atoms with Gasteiger partial charge >= 0.3 is 0 Å². The number of carbonyl (C=O) groups excluding carboxylic acids is 1. The van der Waals surface area contributed by atoms with Crippen LogP contribution in [-0.4, -0.2) is 50.6 Å². The lowest BCUT2D eigenvalue weighted by Crippen LogP contribution is -2.43. The van der Waals surface area contributed by atoms with Crippen LogP contribution in [0.25, 0.3) is 0 Å². The Morgan fingerprint density at radius 2 is 1.41 bits per heavy atom. The van der Waals surface area contributed by atoms with Crippen molar-refractivity contribution in [3.05, 3.63) is 32.4 Å². The van der Waals surface area contributed by atoms with Crippen LogP contribution in [0.5, 0.6) is 0 Å². The van der Waals surface area contributed by atoms with Gasteiger partial charge in [-0.25, -0.2) is 0 Å². The van der Waals surface area contributed by atoms with E-state index in [4.69, 9.17) is 0 Å². The molecule has 0 aromatic carbocycles. The summed E-state index contributed by atoms with van der Waals surface area (Å²) in [4.78, 5) is 31.4. The molecule has 0 aliphatic heterocycles. The fraction of sp³-hybridized carbons (Fsp3) is 0.850. The van der Waals surface area contributed by atoms with E-state index in [2.05, 4.69) is 6.92 Å². The Bertz CT molecular complexity index is 499. The predicted octanol–water partition coefficient (Wildman–Crippen LogP) is 3.46. The van der Waals surface area contributed by atoms with Crippen molar-refractivity contribution in [2.45, 2.75) is 108 Å². The lowest BCUT2D eigenvalue weighted by atomic mass is 9.95. The molecule has 0 rings (SSSR count). The SMILES string of the molecule is CCCCCCCC/C=C\CC(O)C(CC(C(O)CCCC=O)[N+](=O)[O-])[N+](=O)[O-]. The summed E-state index contributed by atoms with van der Waals surface area (Å²) in [6.45, 7) is 2.16. The van der Waals surface area contributed by atoms with Crippen LogP contribution in [0.4, 0.5) is 0 Å². The minimum absolute atomic E-state index is 0.00305. The van der Waals surface area contributed by atoms with Crippen molar-refractivity contribution in [1.29, 1.82) is 0 Å². The van der Waals surface area contributed by atoms with E-state index in [0.717, 1.165) is 19.3 Å². The highest BCUT2D eigenvalue weighted by atomic mass is 16.6. The molecule has 0 spiro atoms. The molecule has 0 aliphatic carbocycles. The normalized spacial score (nSPS) is 15.7. The summed E-state index contributed by atoms with van der Waals surface area (Å²) in [6, 6.07) is -3.09. The van der Waals surface area contributed by atoms with Gasteiger partial charge in [0.15, 0.2) is 0 Å². The van der Waals surface area contributed by atoms with Crippen molar-refractivity contribution >= 4 is 6.29 Å². The Labute approximate surface area is 172 Å². The molecule has 4 atom stereocenters. The average Bonchev–Trinajstić information content (AvgIpc) is 2.66. The second kappa shape index (κ2) is 17.0. The summed E-state index contributed by atoms with van der Waals surface area (Å²) < 4.78 is 0. The van der Waals surface area contributed by atoms with Crippen LogP contribution >= 0.6 is 0 Å². The first-order valence-corrected chi connectivity index (χ1v) is 10.6. The van der Waals surface area contributed by atoms with Crippen molar-refractivity contribution in [2.75, 3.05) is 0 Å². The first kappa shape index (κ1) is 27.1. The van der Waals surface area contributed by atoms with Crippen LogP contribution in [0.2, 0.25) is 0 Å². The van der Waals surface area contributed by atoms with E-state index >= 15 is 0 Å². The molecule has 29 heavy (non-hydrogen) atoms. The number of nitrogens with zero attached hydrogens (tertiary/aromatic N) is 2. The third-order valence-corrected chi connectivity index (χ3v) is 5.00. The van der Waals surface area contributed by atoms with Crippen LogP contribution in [0, 0.1) is 20.2 Å². The molecule has 2 N–H and O–H groups in total. The molecular formula is C20H36N2O7. The van der Waals surface area contributed by atoms with Gasteiger partial charge in [0.1, 0.15) is 18.5 Å². The zero-order valence-electron chi connectivity index (χ0n) is 17.4. The number of aldehydes is 1. The van der Waals surface area contributed by atoms with Crippen LogP contribution in [-0.2, 0) is 4.79 Å². The molecule has 9 nitrogen and oxygen atoms in total. The summed E-state index contributed by atoms with van der Waals surface area (Å²) in [7, 11) is 0. The van der Waals surface area contributed by atoms with E-state index in [0.29, 0.717) is 6.29 Å². The van der Waals surface area contributed by atoms with Crippen molar-refractivity contribution in [3.8, 4) is 0 Å². The lowest BCUT2D eigenvalue weighted by Gasteiger charge is -2.20. The van der Waals surface area contributed by atoms with E-state index in [1.165, 1.54) is 25.7 Å². The number of unbranched alkanes of at least 4 members (excludes halogenated alkanes) is 7. The molecule has 0 saturated heterocycles. The molecule has 0 saturated carbocycles. The summed E-state index contributed by atoms with van der Waals surface area (Å²) in [5, 5.41) is 42.7. The van der Waals surface area contributed by atoms with Crippen LogP contribution in [0.3, 0.4) is 0 Å². The molecule has 0 fully saturated rings. The molecule has 168 valence electrons. The quantitative estimate of drug-likeness (QED) is 0.108. The lowest BCUT2D eigenvalue weighted by molar-refractivity contribution is -0.573. The van der Waals surface area contributed by atoms with Crippen molar-refractivity contribution < 1.29 is 24.9 Å². The minimum atomic E-state index is -1.56. The second-order valence-electron chi connectivity index (χ2n) is 7.44. The van der Waals surface area contributed by atoms with Gasteiger partial charge in [0.05, 0.1) is 6.42 Å². The molecular weight excluding hydrogens is 380 g/mol. The molecule has 0 aromatic heterocycles. The number of hydrogen-bond acceptors (Lipinski definition) is 7. The van der Waals surface area contributed by atoms with Crippen LogP contribution in [0.1, 0.15) is 84.0 Å². The molecule has 0 bridgehead atoms. The smallest absolute Gasteiger partial charge is 0.245 e. The number of aliphatic hydroxyl groups excluding tert-OH is 2. The van der Waals surface area contributed by atoms with Crippen LogP contribution < -0.4 is 0 Å². The second-order valence-corrected chi connectivity index (χ2v) is 7.44. The van der Waals surface area contributed by atoms with Crippen LogP contribution in [0.15, 0.2) is 12.2 Å². The monoisotopic (exact) mass is 416 g/mol. The topological polar surface area (TPSA) is 144 Å². The zero-order chi connectivity index (χ0) is 22.1. The molecule has 0 amide bonds. The molecule has 0 radical (unpaired) electrons. The predicted molar refractivity (Wildman–Crippen MR) is 110 cm³/mol. The summed E-state index contributed by atoms with van der Waals surface area (Å²) in [5.74, 6) is 0. The largest absolute Gasteiger partial charge is 0.386 e. The van der Waals surface area contributed by atoms with Gasteiger partial charge in [0.2, 0.25) is 12.1 Å². The first-order valence-electron chi connectivity index (χ1n) is 10.6. The van der Waals surface area contributed by atoms with Gasteiger partial charge in [-0.15, -0.1) is 0 Å². The number of allylic oxidation sites excluding steroid dienone is 1. The molecule has 0 aromatic rings. The van der Waals surface area contributed by atoms with Crippen molar-refractivity contribution in [1.82, 2.24) is 0 Å². The number of carbonyl (C=O) groups is 1. The van der Waals surface area contributed by atoms with Gasteiger partial charge in [-0.05, 0) is 32.1 Å². The van der Waals surface area contributed by atoms with Gasteiger partial charge in [-0.1, -0.05) is 51.2 Å². The van der Waals surface area contributed by atoms with Crippen molar-refractivity contribution in [3.63, 3.8) is 0 Å². The van der Waals surface area contributed by atoms with E-state index in [9.17, 15) is 35.2 Å². The molecule has 4 unspecified atom stereocenters. The Hall–Kier alpha value is -1.87. The Balaban J connectivity index is 4.53. The van der Waals surface area contributed by atoms with Crippen molar-refractivity contribution in [2.24, 2.45) is 0 Å². The highest BCUT2D eigenvalue weighted by molar-refractivity contribution is 5.48. The van der Waals surface area contributed by atoms with E-state index in [-0.39, 0.29) is 25.7 Å². The fourth-order valence-electron chi connectivity index (χ4n) is 3.17. The standard InChI is InChI=1S/C20H36N2O7/c1-2-3-4-5-6-7-8-9-10-13-19(24)17(21(26)27)16-18(22(28)29)20(25)14-11-12-15-23/h9-10,15,17-20,24-25H,2-8,11-14,16H2,1H3/b10-9-. The van der Waals surface area contributed by atoms with Gasteiger partial charge in [-0.3, -0.25) is 20.2 Å². The highest BCUT2D eigenvalue weighted by Crippen LogP contribution is 2.18. The number of aliphatic hydroxyl groups is 2. The summed E-state index contributed by atoms with van der Waals surface area (Å²) in [5.41, 5.74) is 0. The Morgan fingerprint density at radius 1 is 0.828 bits per heavy atom. The third kappa shape index (κ3) is 13.1. The number of rotatable bonds is 19. The Kier molecular flexibility index (Phi) is 15.9. The molecule has 0 heterocycles. The maximum absolute atomic E-state index is 11.3. The number of hydrogen-bond donors (Lipinski definition) is 2. The van der Waals surface area contributed by atoms with E-state index < -0.39 is 40.6 Å². The number of nitro groups is 2. The van der Waals surface area contributed by atoms with Gasteiger partial charge in [0.25, 0.3) is 0 Å². The maximum atomic E-state index is 11.3. The average molecular weight is 417 g/mol. The zero-order valence-corrected chi connectivity index (χ0v) is 17.4. The fourth-order valence-corrected chi connectivity index (χ4v) is 3.17.